The minimum Gasteiger partial charge on any atom is -0.457 e. The van der Waals surface area contributed by atoms with Crippen LogP contribution < -0.4 is 10.1 Å². The van der Waals surface area contributed by atoms with Crippen molar-refractivity contribution in [2.24, 2.45) is 0 Å². The summed E-state index contributed by atoms with van der Waals surface area (Å²) >= 11 is 5.93. The summed E-state index contributed by atoms with van der Waals surface area (Å²) in [5.41, 5.74) is 2.73. The van der Waals surface area contributed by atoms with Gasteiger partial charge in [0.2, 0.25) is 5.89 Å². The van der Waals surface area contributed by atoms with Crippen LogP contribution in [0.1, 0.15) is 10.4 Å². The number of nitrogens with one attached hydrogen (secondary N) is 1. The second-order valence-electron chi connectivity index (χ2n) is 7.99. The van der Waals surface area contributed by atoms with Gasteiger partial charge in [-0.15, -0.1) is 0 Å². The zero-order valence-corrected chi connectivity index (χ0v) is 19.3. The lowest BCUT2D eigenvalue weighted by Crippen LogP contribution is -2.41. The fourth-order valence-corrected chi connectivity index (χ4v) is 3.88. The molecule has 1 aliphatic heterocycles. The molecule has 1 N–H and O–H groups in total. The lowest BCUT2D eigenvalue weighted by atomic mass is 10.1. The van der Waals surface area contributed by atoms with E-state index in [0.29, 0.717) is 40.1 Å². The highest BCUT2D eigenvalue weighted by atomic mass is 35.5. The molecule has 2 heterocycles. The molecule has 1 aromatic heterocycles. The topological polar surface area (TPSA) is 76.8 Å². The van der Waals surface area contributed by atoms with Gasteiger partial charge in [0, 0.05) is 48.4 Å². The normalized spacial score (nSPS) is 14.3. The van der Waals surface area contributed by atoms with E-state index in [1.165, 1.54) is 0 Å². The number of aromatic nitrogens is 1. The molecule has 1 aliphatic rings. The highest BCUT2D eigenvalue weighted by molar-refractivity contribution is 6.30. The number of carbonyl (C=O) groups is 1. The van der Waals surface area contributed by atoms with Gasteiger partial charge in [0.1, 0.15) is 17.0 Å². The Morgan fingerprint density at radius 1 is 1.00 bits per heavy atom. The SMILES string of the molecule is O=C(NCCN1CCOCC1)c1ccc(-c2nc3ccc(Oc4ccc(Cl)cc4)cc3o2)cc1. The molecule has 5 rings (SSSR count). The Hall–Kier alpha value is -3.39. The van der Waals surface area contributed by atoms with E-state index in [4.69, 9.17) is 25.5 Å². The van der Waals surface area contributed by atoms with Gasteiger partial charge in [-0.3, -0.25) is 9.69 Å². The summed E-state index contributed by atoms with van der Waals surface area (Å²) in [4.78, 5) is 19.3. The largest absolute Gasteiger partial charge is 0.457 e. The van der Waals surface area contributed by atoms with Crippen LogP contribution in [0.3, 0.4) is 0 Å². The van der Waals surface area contributed by atoms with E-state index in [-0.39, 0.29) is 5.91 Å². The first-order chi connectivity index (χ1) is 16.6. The van der Waals surface area contributed by atoms with Crippen molar-refractivity contribution in [3.05, 3.63) is 77.3 Å². The number of benzene rings is 3. The van der Waals surface area contributed by atoms with Crippen LogP contribution in [0.25, 0.3) is 22.6 Å². The number of halogens is 1. The average molecular weight is 478 g/mol. The molecule has 174 valence electrons. The average Bonchev–Trinajstić information content (AvgIpc) is 3.30. The predicted octanol–water partition coefficient (Wildman–Crippen LogP) is 5.00. The van der Waals surface area contributed by atoms with Crippen LogP contribution in [0.2, 0.25) is 5.02 Å². The van der Waals surface area contributed by atoms with Crippen molar-refractivity contribution in [1.29, 1.82) is 0 Å². The monoisotopic (exact) mass is 477 g/mol. The number of amides is 1. The first kappa shape index (κ1) is 22.4. The third-order valence-electron chi connectivity index (χ3n) is 5.62. The van der Waals surface area contributed by atoms with Gasteiger partial charge in [-0.25, -0.2) is 4.98 Å². The van der Waals surface area contributed by atoms with Crippen molar-refractivity contribution in [1.82, 2.24) is 15.2 Å². The van der Waals surface area contributed by atoms with Crippen LogP contribution in [-0.2, 0) is 4.74 Å². The number of rotatable bonds is 7. The summed E-state index contributed by atoms with van der Waals surface area (Å²) in [6, 6.07) is 19.9. The van der Waals surface area contributed by atoms with Crippen molar-refractivity contribution < 1.29 is 18.7 Å². The smallest absolute Gasteiger partial charge is 0.251 e. The number of hydrogen-bond acceptors (Lipinski definition) is 6. The fourth-order valence-electron chi connectivity index (χ4n) is 3.75. The Balaban J connectivity index is 1.22. The molecule has 0 saturated carbocycles. The van der Waals surface area contributed by atoms with Crippen molar-refractivity contribution in [2.75, 3.05) is 39.4 Å². The Labute approximate surface area is 202 Å². The quantitative estimate of drug-likeness (QED) is 0.403. The number of hydrogen-bond donors (Lipinski definition) is 1. The van der Waals surface area contributed by atoms with E-state index in [0.717, 1.165) is 43.9 Å². The summed E-state index contributed by atoms with van der Waals surface area (Å²) in [6.07, 6.45) is 0. The highest BCUT2D eigenvalue weighted by Gasteiger charge is 2.13. The molecule has 0 radical (unpaired) electrons. The third-order valence-corrected chi connectivity index (χ3v) is 5.87. The summed E-state index contributed by atoms with van der Waals surface area (Å²) in [7, 11) is 0. The molecule has 0 atom stereocenters. The van der Waals surface area contributed by atoms with E-state index in [1.54, 1.807) is 42.5 Å². The van der Waals surface area contributed by atoms with Crippen LogP contribution in [0.4, 0.5) is 0 Å². The van der Waals surface area contributed by atoms with Crippen molar-refractivity contribution >= 4 is 28.6 Å². The van der Waals surface area contributed by atoms with Gasteiger partial charge in [0.15, 0.2) is 5.58 Å². The molecular formula is C26H24ClN3O4. The Kier molecular flexibility index (Phi) is 6.76. The first-order valence-electron chi connectivity index (χ1n) is 11.2. The lowest BCUT2D eigenvalue weighted by molar-refractivity contribution is 0.0383. The van der Waals surface area contributed by atoms with Gasteiger partial charge in [-0.1, -0.05) is 11.6 Å². The number of oxazole rings is 1. The molecule has 7 nitrogen and oxygen atoms in total. The van der Waals surface area contributed by atoms with Gasteiger partial charge < -0.3 is 19.2 Å². The Morgan fingerprint density at radius 3 is 2.50 bits per heavy atom. The zero-order chi connectivity index (χ0) is 23.3. The van der Waals surface area contributed by atoms with Gasteiger partial charge in [0.05, 0.1) is 13.2 Å². The number of nitrogens with zero attached hydrogens (tertiary/aromatic N) is 2. The standard InChI is InChI=1S/C26H24ClN3O4/c27-20-5-7-21(8-6-20)33-22-9-10-23-24(17-22)34-26(29-23)19-3-1-18(2-4-19)25(31)28-11-12-30-13-15-32-16-14-30/h1-10,17H,11-16H2,(H,28,31). The molecule has 1 fully saturated rings. The molecule has 8 heteroatoms. The molecule has 0 unspecified atom stereocenters. The molecule has 1 amide bonds. The minimum absolute atomic E-state index is 0.0960. The van der Waals surface area contributed by atoms with Crippen LogP contribution >= 0.6 is 11.6 Å². The summed E-state index contributed by atoms with van der Waals surface area (Å²) in [5.74, 6) is 1.71. The summed E-state index contributed by atoms with van der Waals surface area (Å²) < 4.78 is 17.2. The maximum Gasteiger partial charge on any atom is 0.251 e. The van der Waals surface area contributed by atoms with Gasteiger partial charge in [-0.05, 0) is 60.7 Å². The number of ether oxygens (including phenoxy) is 2. The molecule has 34 heavy (non-hydrogen) atoms. The third kappa shape index (κ3) is 5.39. The maximum absolute atomic E-state index is 12.5. The van der Waals surface area contributed by atoms with Gasteiger partial charge >= 0.3 is 0 Å². The highest BCUT2D eigenvalue weighted by Crippen LogP contribution is 2.30. The van der Waals surface area contributed by atoms with Crippen LogP contribution in [0.5, 0.6) is 11.5 Å². The van der Waals surface area contributed by atoms with E-state index in [1.807, 2.05) is 24.3 Å². The number of carbonyl (C=O) groups excluding carboxylic acids is 1. The van der Waals surface area contributed by atoms with Crippen LogP contribution in [-0.4, -0.2) is 55.2 Å². The van der Waals surface area contributed by atoms with Crippen molar-refractivity contribution in [3.8, 4) is 23.0 Å². The Bertz CT molecular complexity index is 1270. The fraction of sp³-hybridized carbons (Fsp3) is 0.231. The minimum atomic E-state index is -0.0960. The second-order valence-corrected chi connectivity index (χ2v) is 8.43. The van der Waals surface area contributed by atoms with E-state index >= 15 is 0 Å². The summed E-state index contributed by atoms with van der Waals surface area (Å²) in [6.45, 7) is 4.74. The maximum atomic E-state index is 12.5. The second kappa shape index (κ2) is 10.3. The summed E-state index contributed by atoms with van der Waals surface area (Å²) in [5, 5.41) is 3.63. The van der Waals surface area contributed by atoms with E-state index in [2.05, 4.69) is 15.2 Å². The predicted molar refractivity (Wildman–Crippen MR) is 131 cm³/mol. The van der Waals surface area contributed by atoms with Gasteiger partial charge in [-0.2, -0.15) is 0 Å². The molecule has 0 aliphatic carbocycles. The van der Waals surface area contributed by atoms with E-state index < -0.39 is 0 Å². The molecule has 4 aromatic rings. The van der Waals surface area contributed by atoms with Crippen molar-refractivity contribution in [3.63, 3.8) is 0 Å². The molecular weight excluding hydrogens is 454 g/mol. The zero-order valence-electron chi connectivity index (χ0n) is 18.5. The van der Waals surface area contributed by atoms with Crippen LogP contribution in [0.15, 0.2) is 71.1 Å². The van der Waals surface area contributed by atoms with Gasteiger partial charge in [0.25, 0.3) is 5.91 Å². The number of fused-ring (bicyclic) bond motifs is 1. The molecule has 3 aromatic carbocycles. The van der Waals surface area contributed by atoms with E-state index in [9.17, 15) is 4.79 Å². The van der Waals surface area contributed by atoms with Crippen molar-refractivity contribution in [2.45, 2.75) is 0 Å². The Morgan fingerprint density at radius 2 is 1.74 bits per heavy atom. The molecule has 0 bridgehead atoms. The molecule has 0 spiro atoms. The first-order valence-corrected chi connectivity index (χ1v) is 11.5. The lowest BCUT2D eigenvalue weighted by Gasteiger charge is -2.26. The number of morpholine rings is 1. The van der Waals surface area contributed by atoms with Crippen LogP contribution in [0, 0.1) is 0 Å². The molecule has 1 saturated heterocycles.